The second kappa shape index (κ2) is 13.1. The van der Waals surface area contributed by atoms with Gasteiger partial charge in [-0.1, -0.05) is 140 Å². The lowest BCUT2D eigenvalue weighted by molar-refractivity contribution is 1.30. The number of benzene rings is 9. The van der Waals surface area contributed by atoms with E-state index in [0.717, 1.165) is 11.4 Å². The van der Waals surface area contributed by atoms with Crippen LogP contribution in [0.15, 0.2) is 200 Å². The van der Waals surface area contributed by atoms with E-state index in [9.17, 15) is 0 Å². The molecule has 2 heterocycles. The van der Waals surface area contributed by atoms with E-state index in [1.54, 1.807) is 0 Å². The molecule has 55 heavy (non-hydrogen) atoms. The van der Waals surface area contributed by atoms with Crippen molar-refractivity contribution in [2.75, 3.05) is 4.90 Å². The number of nitrogens with zero attached hydrogens (tertiary/aromatic N) is 1. The first-order chi connectivity index (χ1) is 27.2. The van der Waals surface area contributed by atoms with Crippen LogP contribution in [0.1, 0.15) is 0 Å². The van der Waals surface area contributed by atoms with Crippen molar-refractivity contribution >= 4 is 90.9 Å². The van der Waals surface area contributed by atoms with Crippen molar-refractivity contribution in [3.05, 3.63) is 200 Å². The number of hydrogen-bond acceptors (Lipinski definition) is 3. The molecule has 0 aliphatic heterocycles. The monoisotopic (exact) mass is 735 g/mol. The van der Waals surface area contributed by atoms with Crippen molar-refractivity contribution in [3.8, 4) is 33.4 Å². The first-order valence-corrected chi connectivity index (χ1v) is 20.3. The summed E-state index contributed by atoms with van der Waals surface area (Å²) in [5.74, 6) is 0. The minimum Gasteiger partial charge on any atom is -0.309 e. The average molecular weight is 736 g/mol. The van der Waals surface area contributed by atoms with Crippen LogP contribution < -0.4 is 4.90 Å². The highest BCUT2D eigenvalue weighted by molar-refractivity contribution is 7.26. The van der Waals surface area contributed by atoms with Crippen molar-refractivity contribution in [1.82, 2.24) is 0 Å². The summed E-state index contributed by atoms with van der Waals surface area (Å²) in [5.41, 5.74) is 10.7. The first kappa shape index (κ1) is 32.0. The van der Waals surface area contributed by atoms with E-state index in [1.165, 1.54) is 90.2 Å². The molecule has 0 radical (unpaired) electrons. The first-order valence-electron chi connectivity index (χ1n) is 18.7. The molecule has 11 aromatic rings. The smallest absolute Gasteiger partial charge is 0.0640 e. The summed E-state index contributed by atoms with van der Waals surface area (Å²) in [4.78, 5) is 2.42. The normalized spacial score (nSPS) is 11.6. The van der Waals surface area contributed by atoms with Gasteiger partial charge >= 0.3 is 0 Å². The molecule has 9 aromatic carbocycles. The molecule has 258 valence electrons. The number of hydrogen-bond donors (Lipinski definition) is 0. The topological polar surface area (TPSA) is 3.24 Å². The van der Waals surface area contributed by atoms with Crippen LogP contribution in [0.5, 0.6) is 0 Å². The average Bonchev–Trinajstić information content (AvgIpc) is 3.83. The lowest BCUT2D eigenvalue weighted by atomic mass is 9.97. The molecule has 2 aromatic heterocycles. The van der Waals surface area contributed by atoms with E-state index in [0.29, 0.717) is 0 Å². The van der Waals surface area contributed by atoms with Gasteiger partial charge in [0.15, 0.2) is 0 Å². The lowest BCUT2D eigenvalue weighted by Gasteiger charge is -2.26. The fourth-order valence-corrected chi connectivity index (χ4v) is 10.4. The Morgan fingerprint density at radius 2 is 0.800 bits per heavy atom. The van der Waals surface area contributed by atoms with E-state index in [-0.39, 0.29) is 0 Å². The maximum Gasteiger partial charge on any atom is 0.0640 e. The highest BCUT2D eigenvalue weighted by Crippen LogP contribution is 2.45. The van der Waals surface area contributed by atoms with Gasteiger partial charge in [0.2, 0.25) is 0 Å². The van der Waals surface area contributed by atoms with E-state index in [4.69, 9.17) is 0 Å². The largest absolute Gasteiger partial charge is 0.309 e. The Hall–Kier alpha value is -6.52. The van der Waals surface area contributed by atoms with Gasteiger partial charge in [-0.05, 0) is 105 Å². The van der Waals surface area contributed by atoms with Gasteiger partial charge in [0.05, 0.1) is 10.4 Å². The van der Waals surface area contributed by atoms with Crippen LogP contribution in [0.4, 0.5) is 17.1 Å². The van der Waals surface area contributed by atoms with Gasteiger partial charge < -0.3 is 4.90 Å². The van der Waals surface area contributed by atoms with Crippen molar-refractivity contribution in [3.63, 3.8) is 0 Å². The lowest BCUT2D eigenvalue weighted by Crippen LogP contribution is -2.10. The third kappa shape index (κ3) is 5.60. The summed E-state index contributed by atoms with van der Waals surface area (Å²) in [7, 11) is 0. The van der Waals surface area contributed by atoms with Crippen LogP contribution in [0.2, 0.25) is 0 Å². The standard InChI is InChI=1S/C52H33NS2/c1-2-10-37-32-40(20-19-34(37)9-1)39-12-7-11-38(31-39)35-21-26-42(27-22-35)53(48-16-8-15-47-45-14-4-6-18-50(45)55-52(47)48)43-28-23-36(24-29-43)41-25-30-46-44-13-3-5-17-49(44)54-51(46)33-41/h1-33H. The molecule has 0 unspecified atom stereocenters. The molecule has 0 spiro atoms. The van der Waals surface area contributed by atoms with Crippen LogP contribution in [0.25, 0.3) is 84.5 Å². The maximum absolute atomic E-state index is 2.42. The fraction of sp³-hybridized carbons (Fsp3) is 0. The maximum atomic E-state index is 2.42. The second-order valence-electron chi connectivity index (χ2n) is 14.1. The number of anilines is 3. The summed E-state index contributed by atoms with van der Waals surface area (Å²) >= 11 is 3.74. The molecule has 0 atom stereocenters. The zero-order valence-electron chi connectivity index (χ0n) is 29.8. The SMILES string of the molecule is c1cc(-c2ccc(N(c3ccc(-c4ccc5c(c4)sc4ccccc45)cc3)c3cccc4c3sc3ccccc34)cc2)cc(-c2ccc3ccccc3c2)c1. The summed E-state index contributed by atoms with van der Waals surface area (Å²) in [6, 6.07) is 73.4. The third-order valence-electron chi connectivity index (χ3n) is 10.9. The quantitative estimate of drug-likeness (QED) is 0.164. The summed E-state index contributed by atoms with van der Waals surface area (Å²) in [6.45, 7) is 0. The minimum atomic E-state index is 1.12. The minimum absolute atomic E-state index is 1.12. The van der Waals surface area contributed by atoms with Crippen LogP contribution in [0.3, 0.4) is 0 Å². The van der Waals surface area contributed by atoms with Crippen LogP contribution in [-0.2, 0) is 0 Å². The summed E-state index contributed by atoms with van der Waals surface area (Å²) in [5, 5.41) is 7.77. The van der Waals surface area contributed by atoms with Gasteiger partial charge in [-0.3, -0.25) is 0 Å². The Morgan fingerprint density at radius 1 is 0.291 bits per heavy atom. The molecule has 0 aliphatic rings. The third-order valence-corrected chi connectivity index (χ3v) is 13.2. The predicted octanol–water partition coefficient (Wildman–Crippen LogP) is 16.0. The van der Waals surface area contributed by atoms with Gasteiger partial charge in [0.25, 0.3) is 0 Å². The highest BCUT2D eigenvalue weighted by Gasteiger charge is 2.19. The van der Waals surface area contributed by atoms with E-state index in [1.807, 2.05) is 22.7 Å². The van der Waals surface area contributed by atoms with E-state index < -0.39 is 0 Å². The molecule has 11 rings (SSSR count). The fourth-order valence-electron chi connectivity index (χ4n) is 8.09. The summed E-state index contributed by atoms with van der Waals surface area (Å²) < 4.78 is 5.25. The van der Waals surface area contributed by atoms with Crippen molar-refractivity contribution in [1.29, 1.82) is 0 Å². The molecule has 0 N–H and O–H groups in total. The highest BCUT2D eigenvalue weighted by atomic mass is 32.1. The Kier molecular flexibility index (Phi) is 7.61. The van der Waals surface area contributed by atoms with Crippen LogP contribution in [-0.4, -0.2) is 0 Å². The summed E-state index contributed by atoms with van der Waals surface area (Å²) in [6.07, 6.45) is 0. The van der Waals surface area contributed by atoms with Crippen LogP contribution in [0, 0.1) is 0 Å². The van der Waals surface area contributed by atoms with Gasteiger partial charge in [-0.2, -0.15) is 0 Å². The molecule has 3 heteroatoms. The van der Waals surface area contributed by atoms with Crippen LogP contribution >= 0.6 is 22.7 Å². The molecular weight excluding hydrogens is 703 g/mol. The molecule has 0 aliphatic carbocycles. The number of fused-ring (bicyclic) bond motifs is 7. The van der Waals surface area contributed by atoms with E-state index in [2.05, 4.69) is 205 Å². The van der Waals surface area contributed by atoms with Gasteiger partial charge in [0, 0.05) is 47.0 Å². The molecular formula is C52H33NS2. The predicted molar refractivity (Wildman–Crippen MR) is 241 cm³/mol. The van der Waals surface area contributed by atoms with Gasteiger partial charge in [0.1, 0.15) is 0 Å². The number of thiophene rings is 2. The molecule has 0 saturated carbocycles. The Morgan fingerprint density at radius 3 is 1.55 bits per heavy atom. The second-order valence-corrected chi connectivity index (χ2v) is 16.3. The van der Waals surface area contributed by atoms with Crippen molar-refractivity contribution < 1.29 is 0 Å². The zero-order chi connectivity index (χ0) is 36.3. The van der Waals surface area contributed by atoms with E-state index >= 15 is 0 Å². The Labute approximate surface area is 327 Å². The number of rotatable bonds is 6. The Bertz CT molecular complexity index is 3200. The van der Waals surface area contributed by atoms with Gasteiger partial charge in [-0.25, -0.2) is 0 Å². The zero-order valence-corrected chi connectivity index (χ0v) is 31.4. The van der Waals surface area contributed by atoms with Crippen molar-refractivity contribution in [2.24, 2.45) is 0 Å². The Balaban J connectivity index is 0.989. The van der Waals surface area contributed by atoms with Crippen molar-refractivity contribution in [2.45, 2.75) is 0 Å². The molecule has 0 saturated heterocycles. The van der Waals surface area contributed by atoms with Gasteiger partial charge in [-0.15, -0.1) is 22.7 Å². The molecule has 0 amide bonds. The molecule has 0 bridgehead atoms. The molecule has 1 nitrogen and oxygen atoms in total. The molecule has 0 fully saturated rings.